The lowest BCUT2D eigenvalue weighted by molar-refractivity contribution is -0.00178. The molecule has 1 saturated heterocycles. The van der Waals surface area contributed by atoms with Gasteiger partial charge >= 0.3 is 0 Å². The largest absolute Gasteiger partial charge is 0.387 e. The monoisotopic (exact) mass is 549 g/mol. The van der Waals surface area contributed by atoms with E-state index in [4.69, 9.17) is 4.74 Å². The summed E-state index contributed by atoms with van der Waals surface area (Å²) in [4.78, 5) is 20.3. The molecule has 10 nitrogen and oxygen atoms in total. The third-order valence-corrected chi connectivity index (χ3v) is 7.82. The van der Waals surface area contributed by atoms with Gasteiger partial charge in [-0.15, -0.1) is 0 Å². The van der Waals surface area contributed by atoms with Gasteiger partial charge in [0.15, 0.2) is 0 Å². The number of halogens is 1. The Balaban J connectivity index is 1.42. The van der Waals surface area contributed by atoms with Gasteiger partial charge in [0.25, 0.3) is 5.91 Å². The highest BCUT2D eigenvalue weighted by atomic mass is 19.1. The first-order chi connectivity index (χ1) is 19.2. The Labute approximate surface area is 233 Å². The van der Waals surface area contributed by atoms with Crippen molar-refractivity contribution in [3.63, 3.8) is 0 Å². The van der Waals surface area contributed by atoms with Gasteiger partial charge < -0.3 is 20.5 Å². The minimum atomic E-state index is -1.62. The number of hydrogen-bond acceptors (Lipinski definition) is 8. The molecule has 1 aliphatic heterocycles. The van der Waals surface area contributed by atoms with E-state index in [-0.39, 0.29) is 12.6 Å². The molecule has 1 amide bonds. The van der Waals surface area contributed by atoms with E-state index in [0.29, 0.717) is 28.6 Å². The fraction of sp³-hybridized carbons (Fsp3) is 0.517. The van der Waals surface area contributed by atoms with Gasteiger partial charge in [0.2, 0.25) is 0 Å². The number of nitriles is 1. The Kier molecular flexibility index (Phi) is 8.30. The number of aromatic nitrogens is 3. The first kappa shape index (κ1) is 28.0. The number of morpholine rings is 1. The number of nitrogens with zero attached hydrogens (tertiary/aromatic N) is 5. The van der Waals surface area contributed by atoms with Gasteiger partial charge in [0, 0.05) is 31.4 Å². The zero-order chi connectivity index (χ0) is 28.3. The summed E-state index contributed by atoms with van der Waals surface area (Å²) in [6.45, 7) is 5.79. The van der Waals surface area contributed by atoms with E-state index in [9.17, 15) is 19.6 Å². The molecule has 3 aromatic heterocycles. The van der Waals surface area contributed by atoms with Crippen LogP contribution >= 0.6 is 0 Å². The van der Waals surface area contributed by atoms with Crippen LogP contribution in [0.2, 0.25) is 0 Å². The highest BCUT2D eigenvalue weighted by Gasteiger charge is 2.30. The number of alkyl halides is 1. The highest BCUT2D eigenvalue weighted by Crippen LogP contribution is 2.30. The summed E-state index contributed by atoms with van der Waals surface area (Å²) in [6, 6.07) is 10.0. The van der Waals surface area contributed by atoms with Crippen LogP contribution in [0.4, 0.5) is 10.1 Å². The maximum absolute atomic E-state index is 14.4. The zero-order valence-electron chi connectivity index (χ0n) is 22.9. The van der Waals surface area contributed by atoms with Crippen LogP contribution in [0.1, 0.15) is 55.5 Å². The Morgan fingerprint density at radius 3 is 2.83 bits per heavy atom. The summed E-state index contributed by atoms with van der Waals surface area (Å²) in [5.74, 6) is -0.467. The van der Waals surface area contributed by atoms with E-state index < -0.39 is 17.7 Å². The van der Waals surface area contributed by atoms with Crippen molar-refractivity contribution in [2.75, 3.05) is 38.2 Å². The predicted octanol–water partition coefficient (Wildman–Crippen LogP) is 3.16. The lowest BCUT2D eigenvalue weighted by Crippen LogP contribution is -2.47. The predicted molar refractivity (Wildman–Crippen MR) is 149 cm³/mol. The SMILES string of the molecule is CC(C)(O)C(F)CNC(=O)c1cnc(-c2ccc3cc(C#N)cnn23)cc1N[C@H]1CCC[C@@H](N2CCOCC2)C1. The van der Waals surface area contributed by atoms with Crippen LogP contribution in [0, 0.1) is 11.3 Å². The molecule has 0 radical (unpaired) electrons. The Hall–Kier alpha value is -3.59. The topological polar surface area (TPSA) is 128 Å². The molecular formula is C29H36FN7O3. The average molecular weight is 550 g/mol. The lowest BCUT2D eigenvalue weighted by Gasteiger charge is -2.39. The molecule has 3 atom stereocenters. The highest BCUT2D eigenvalue weighted by molar-refractivity contribution is 6.00. The van der Waals surface area contributed by atoms with Crippen LogP contribution in [-0.2, 0) is 4.74 Å². The molecular weight excluding hydrogens is 513 g/mol. The number of ether oxygens (including phenoxy) is 1. The second-order valence-corrected chi connectivity index (χ2v) is 11.2. The average Bonchev–Trinajstić information content (AvgIpc) is 3.39. The molecule has 4 heterocycles. The van der Waals surface area contributed by atoms with Crippen molar-refractivity contribution < 1.29 is 19.0 Å². The number of carbonyl (C=O) groups excluding carboxylic acids is 1. The fourth-order valence-corrected chi connectivity index (χ4v) is 5.47. The minimum Gasteiger partial charge on any atom is -0.387 e. The maximum Gasteiger partial charge on any atom is 0.255 e. The molecule has 212 valence electrons. The second kappa shape index (κ2) is 11.9. The molecule has 0 aromatic carbocycles. The van der Waals surface area contributed by atoms with Gasteiger partial charge in [-0.3, -0.25) is 14.7 Å². The van der Waals surface area contributed by atoms with Crippen molar-refractivity contribution in [1.82, 2.24) is 24.8 Å². The van der Waals surface area contributed by atoms with E-state index in [1.165, 1.54) is 26.2 Å². The molecule has 3 aromatic rings. The summed E-state index contributed by atoms with van der Waals surface area (Å²) in [5.41, 5.74) is 1.89. The van der Waals surface area contributed by atoms with Crippen LogP contribution in [0.25, 0.3) is 16.9 Å². The Morgan fingerprint density at radius 2 is 2.08 bits per heavy atom. The van der Waals surface area contributed by atoms with Gasteiger partial charge in [0.05, 0.1) is 65.3 Å². The van der Waals surface area contributed by atoms with E-state index in [1.54, 1.807) is 10.6 Å². The summed E-state index contributed by atoms with van der Waals surface area (Å²) in [6.07, 6.45) is 5.49. The molecule has 1 saturated carbocycles. The van der Waals surface area contributed by atoms with Crippen molar-refractivity contribution in [2.45, 2.75) is 63.4 Å². The number of aliphatic hydroxyl groups is 1. The fourth-order valence-electron chi connectivity index (χ4n) is 5.47. The number of anilines is 1. The minimum absolute atomic E-state index is 0.147. The van der Waals surface area contributed by atoms with Gasteiger partial charge in [0.1, 0.15) is 12.2 Å². The molecule has 5 rings (SSSR count). The Bertz CT molecular complexity index is 1390. The van der Waals surface area contributed by atoms with Crippen molar-refractivity contribution in [1.29, 1.82) is 5.26 Å². The molecule has 3 N–H and O–H groups in total. The lowest BCUT2D eigenvalue weighted by atomic mass is 9.89. The normalized spacial score (nSPS) is 21.1. The van der Waals surface area contributed by atoms with Gasteiger partial charge in [-0.05, 0) is 63.8 Å². The van der Waals surface area contributed by atoms with Crippen molar-refractivity contribution >= 4 is 17.1 Å². The van der Waals surface area contributed by atoms with Crippen LogP contribution in [-0.4, -0.2) is 87.2 Å². The van der Waals surface area contributed by atoms with E-state index >= 15 is 0 Å². The second-order valence-electron chi connectivity index (χ2n) is 11.2. The van der Waals surface area contributed by atoms with Gasteiger partial charge in [-0.25, -0.2) is 8.91 Å². The van der Waals surface area contributed by atoms with Crippen LogP contribution in [0.15, 0.2) is 36.7 Å². The number of pyridine rings is 1. The number of amides is 1. The molecule has 2 fully saturated rings. The third kappa shape index (κ3) is 6.25. The van der Waals surface area contributed by atoms with E-state index in [1.807, 2.05) is 18.2 Å². The number of hydrogen-bond donors (Lipinski definition) is 3. The number of rotatable bonds is 8. The third-order valence-electron chi connectivity index (χ3n) is 7.82. The number of fused-ring (bicyclic) bond motifs is 1. The van der Waals surface area contributed by atoms with Gasteiger partial charge in [-0.2, -0.15) is 10.4 Å². The first-order valence-corrected chi connectivity index (χ1v) is 13.8. The summed E-state index contributed by atoms with van der Waals surface area (Å²) < 4.78 is 21.6. The molecule has 2 aliphatic rings. The standard InChI is InChI=1S/C29H36FN7O3/c1-29(2,39)27(30)18-33-28(38)23-17-32-25(26-7-6-22-12-19(15-31)16-34-37(22)26)14-24(23)35-20-4-3-5-21(13-20)36-8-10-40-11-9-36/h6-7,12,14,16-17,20-21,27,39H,3-5,8-11,13,18H2,1-2H3,(H,32,35)(H,33,38)/t20-,21+,27?/m0/s1. The number of nitrogens with one attached hydrogen (secondary N) is 2. The molecule has 0 bridgehead atoms. The van der Waals surface area contributed by atoms with Crippen molar-refractivity contribution in [3.05, 3.63) is 47.8 Å². The van der Waals surface area contributed by atoms with Crippen LogP contribution < -0.4 is 10.6 Å². The van der Waals surface area contributed by atoms with Crippen LogP contribution in [0.5, 0.6) is 0 Å². The smallest absolute Gasteiger partial charge is 0.255 e. The molecule has 11 heteroatoms. The summed E-state index contributed by atoms with van der Waals surface area (Å²) in [7, 11) is 0. The first-order valence-electron chi connectivity index (χ1n) is 13.8. The molecule has 0 spiro atoms. The Morgan fingerprint density at radius 1 is 1.27 bits per heavy atom. The molecule has 40 heavy (non-hydrogen) atoms. The van der Waals surface area contributed by atoms with E-state index in [0.717, 1.165) is 63.2 Å². The maximum atomic E-state index is 14.4. The van der Waals surface area contributed by atoms with E-state index in [2.05, 4.69) is 31.7 Å². The van der Waals surface area contributed by atoms with Crippen LogP contribution in [0.3, 0.4) is 0 Å². The summed E-state index contributed by atoms with van der Waals surface area (Å²) >= 11 is 0. The molecule has 1 unspecified atom stereocenters. The van der Waals surface area contributed by atoms with Gasteiger partial charge in [-0.1, -0.05) is 0 Å². The zero-order valence-corrected chi connectivity index (χ0v) is 22.9. The summed E-state index contributed by atoms with van der Waals surface area (Å²) in [5, 5.41) is 29.8. The van der Waals surface area contributed by atoms with Crippen molar-refractivity contribution in [2.24, 2.45) is 0 Å². The quantitative estimate of drug-likeness (QED) is 0.391. The molecule has 1 aliphatic carbocycles. The van der Waals surface area contributed by atoms with Crippen molar-refractivity contribution in [3.8, 4) is 17.5 Å². The number of carbonyl (C=O) groups is 1.